The SMILES string of the molecule is CCOCCCN1C2=NC3C(C(=O)N(Cc4ccccc4C)C(=O)N3C)N2C(C)=C1C. The standard InChI is InChI=1S/C23H31N5O3/c1-6-31-13-9-12-26-16(3)17(4)28-19-20(24-22(26)28)25(5)23(30)27(21(19)29)14-18-11-8-7-10-15(18)2/h7-8,10-11,19-20H,6,9,12-14H2,1-5H3. The van der Waals surface area contributed by atoms with E-state index < -0.39 is 12.2 Å². The van der Waals surface area contributed by atoms with Gasteiger partial charge in [-0.15, -0.1) is 0 Å². The molecule has 31 heavy (non-hydrogen) atoms. The van der Waals surface area contributed by atoms with Gasteiger partial charge in [0.25, 0.3) is 5.91 Å². The van der Waals surface area contributed by atoms with E-state index in [0.29, 0.717) is 13.2 Å². The second-order valence-corrected chi connectivity index (χ2v) is 8.27. The summed E-state index contributed by atoms with van der Waals surface area (Å²) in [4.78, 5) is 38.6. The van der Waals surface area contributed by atoms with Gasteiger partial charge in [0.05, 0.1) is 6.54 Å². The molecule has 4 rings (SSSR count). The predicted molar refractivity (Wildman–Crippen MR) is 118 cm³/mol. The zero-order valence-electron chi connectivity index (χ0n) is 19.0. The summed E-state index contributed by atoms with van der Waals surface area (Å²) < 4.78 is 5.48. The Bertz CT molecular complexity index is 956. The van der Waals surface area contributed by atoms with Gasteiger partial charge in [0.15, 0.2) is 12.2 Å². The van der Waals surface area contributed by atoms with Crippen LogP contribution in [0.25, 0.3) is 0 Å². The molecule has 0 bridgehead atoms. The van der Waals surface area contributed by atoms with Crippen molar-refractivity contribution in [2.24, 2.45) is 4.99 Å². The lowest BCUT2D eigenvalue weighted by atomic mass is 10.1. The predicted octanol–water partition coefficient (Wildman–Crippen LogP) is 2.75. The number of rotatable bonds is 7. The zero-order valence-corrected chi connectivity index (χ0v) is 19.0. The minimum Gasteiger partial charge on any atom is -0.382 e. The highest BCUT2D eigenvalue weighted by molar-refractivity contribution is 6.05. The third kappa shape index (κ3) is 3.48. The van der Waals surface area contributed by atoms with E-state index in [4.69, 9.17) is 9.73 Å². The maximum absolute atomic E-state index is 13.6. The van der Waals surface area contributed by atoms with E-state index in [-0.39, 0.29) is 18.5 Å². The van der Waals surface area contributed by atoms with Crippen LogP contribution in [-0.4, -0.2) is 76.5 Å². The van der Waals surface area contributed by atoms with Crippen molar-refractivity contribution in [2.45, 2.75) is 52.9 Å². The van der Waals surface area contributed by atoms with E-state index in [0.717, 1.165) is 41.4 Å². The maximum Gasteiger partial charge on any atom is 0.328 e. The average Bonchev–Trinajstić information content (AvgIpc) is 3.25. The summed E-state index contributed by atoms with van der Waals surface area (Å²) in [5.41, 5.74) is 4.13. The molecule has 3 aliphatic rings. The number of likely N-dealkylation sites (N-methyl/N-ethyl adjacent to an activating group) is 1. The van der Waals surface area contributed by atoms with Crippen LogP contribution in [0.1, 0.15) is 38.3 Å². The smallest absolute Gasteiger partial charge is 0.328 e. The van der Waals surface area contributed by atoms with Gasteiger partial charge in [0, 0.05) is 38.2 Å². The van der Waals surface area contributed by atoms with E-state index in [1.54, 1.807) is 11.9 Å². The second kappa shape index (κ2) is 8.34. The number of imide groups is 1. The lowest BCUT2D eigenvalue weighted by Crippen LogP contribution is -2.64. The average molecular weight is 426 g/mol. The number of carbonyl (C=O) groups is 2. The molecule has 166 valence electrons. The van der Waals surface area contributed by atoms with Crippen LogP contribution in [0.2, 0.25) is 0 Å². The minimum absolute atomic E-state index is 0.196. The van der Waals surface area contributed by atoms with Crippen LogP contribution in [0.3, 0.4) is 0 Å². The molecule has 1 fully saturated rings. The Morgan fingerprint density at radius 1 is 1.06 bits per heavy atom. The Balaban J connectivity index is 1.60. The fourth-order valence-electron chi connectivity index (χ4n) is 4.52. The highest BCUT2D eigenvalue weighted by Crippen LogP contribution is 2.38. The van der Waals surface area contributed by atoms with Crippen LogP contribution in [0.15, 0.2) is 40.7 Å². The number of nitrogens with zero attached hydrogens (tertiary/aromatic N) is 5. The molecule has 0 radical (unpaired) electrons. The summed E-state index contributed by atoms with van der Waals surface area (Å²) in [6.45, 7) is 10.5. The minimum atomic E-state index is -0.534. The normalized spacial score (nSPS) is 23.1. The van der Waals surface area contributed by atoms with Gasteiger partial charge in [-0.2, -0.15) is 0 Å². The largest absolute Gasteiger partial charge is 0.382 e. The number of hydrogen-bond acceptors (Lipinski definition) is 6. The molecule has 2 unspecified atom stereocenters. The van der Waals surface area contributed by atoms with Crippen molar-refractivity contribution in [1.29, 1.82) is 0 Å². The lowest BCUT2D eigenvalue weighted by Gasteiger charge is -2.41. The summed E-state index contributed by atoms with van der Waals surface area (Å²) in [6.07, 6.45) is 0.350. The van der Waals surface area contributed by atoms with Gasteiger partial charge in [-0.1, -0.05) is 24.3 Å². The highest BCUT2D eigenvalue weighted by atomic mass is 16.5. The molecule has 0 aliphatic carbocycles. The number of fused-ring (bicyclic) bond motifs is 3. The molecular formula is C23H31N5O3. The molecular weight excluding hydrogens is 394 g/mol. The lowest BCUT2D eigenvalue weighted by molar-refractivity contribution is -0.137. The Morgan fingerprint density at radius 3 is 2.52 bits per heavy atom. The van der Waals surface area contributed by atoms with Gasteiger partial charge in [0.2, 0.25) is 5.96 Å². The number of allylic oxidation sites excluding steroid dienone is 2. The Labute approximate surface area is 183 Å². The number of carbonyl (C=O) groups excluding carboxylic acids is 2. The van der Waals surface area contributed by atoms with E-state index in [1.807, 2.05) is 49.9 Å². The van der Waals surface area contributed by atoms with Crippen molar-refractivity contribution in [3.63, 3.8) is 0 Å². The molecule has 0 aromatic heterocycles. The number of hydrogen-bond donors (Lipinski definition) is 0. The molecule has 8 heteroatoms. The first kappa shape index (κ1) is 21.4. The van der Waals surface area contributed by atoms with Crippen molar-refractivity contribution in [2.75, 3.05) is 26.8 Å². The maximum atomic E-state index is 13.6. The zero-order chi connectivity index (χ0) is 22.3. The number of aliphatic imine (C=N–C) groups is 1. The van der Waals surface area contributed by atoms with Gasteiger partial charge >= 0.3 is 6.03 Å². The Hall–Kier alpha value is -2.87. The quantitative estimate of drug-likeness (QED) is 0.629. The van der Waals surface area contributed by atoms with E-state index in [1.165, 1.54) is 4.90 Å². The van der Waals surface area contributed by atoms with Crippen molar-refractivity contribution in [3.05, 3.63) is 46.8 Å². The van der Waals surface area contributed by atoms with Gasteiger partial charge in [-0.05, 0) is 45.2 Å². The molecule has 1 saturated heterocycles. The first-order chi connectivity index (χ1) is 14.9. The molecule has 0 saturated carbocycles. The summed E-state index contributed by atoms with van der Waals surface area (Å²) in [7, 11) is 1.73. The van der Waals surface area contributed by atoms with Crippen molar-refractivity contribution in [1.82, 2.24) is 19.6 Å². The summed E-state index contributed by atoms with van der Waals surface area (Å²) in [5, 5.41) is 0. The Kier molecular flexibility index (Phi) is 5.75. The van der Waals surface area contributed by atoms with Crippen molar-refractivity contribution < 1.29 is 14.3 Å². The number of ether oxygens (including phenoxy) is 1. The number of aryl methyl sites for hydroxylation is 1. The van der Waals surface area contributed by atoms with Gasteiger partial charge < -0.3 is 14.5 Å². The van der Waals surface area contributed by atoms with Crippen LogP contribution in [0.4, 0.5) is 4.79 Å². The molecule has 3 heterocycles. The molecule has 8 nitrogen and oxygen atoms in total. The third-order valence-corrected chi connectivity index (χ3v) is 6.47. The molecule has 0 N–H and O–H groups in total. The van der Waals surface area contributed by atoms with Crippen LogP contribution in [0, 0.1) is 6.92 Å². The second-order valence-electron chi connectivity index (χ2n) is 8.27. The Morgan fingerprint density at radius 2 is 1.81 bits per heavy atom. The molecule has 3 aliphatic heterocycles. The molecule has 3 amide bonds. The summed E-state index contributed by atoms with van der Waals surface area (Å²) in [5.74, 6) is 0.561. The molecule has 1 aromatic rings. The fraction of sp³-hybridized carbons (Fsp3) is 0.522. The van der Waals surface area contributed by atoms with Crippen molar-refractivity contribution >= 4 is 17.9 Å². The topological polar surface area (TPSA) is 68.7 Å². The summed E-state index contributed by atoms with van der Waals surface area (Å²) >= 11 is 0. The fourth-order valence-corrected chi connectivity index (χ4v) is 4.52. The number of amides is 3. The van der Waals surface area contributed by atoms with Crippen LogP contribution in [0.5, 0.6) is 0 Å². The van der Waals surface area contributed by atoms with Crippen LogP contribution < -0.4 is 0 Å². The molecule has 2 atom stereocenters. The summed E-state index contributed by atoms with van der Waals surface area (Å²) in [6, 6.07) is 7.01. The van der Waals surface area contributed by atoms with Gasteiger partial charge in [0.1, 0.15) is 0 Å². The number of benzene rings is 1. The number of guanidine groups is 1. The number of urea groups is 1. The van der Waals surface area contributed by atoms with Crippen LogP contribution in [-0.2, 0) is 16.1 Å². The molecule has 0 spiro atoms. The molecule has 1 aromatic carbocycles. The first-order valence-electron chi connectivity index (χ1n) is 10.9. The highest BCUT2D eigenvalue weighted by Gasteiger charge is 2.55. The van der Waals surface area contributed by atoms with Crippen molar-refractivity contribution in [3.8, 4) is 0 Å². The van der Waals surface area contributed by atoms with E-state index in [2.05, 4.69) is 11.8 Å². The van der Waals surface area contributed by atoms with Gasteiger partial charge in [-0.25, -0.2) is 9.79 Å². The van der Waals surface area contributed by atoms with E-state index >= 15 is 0 Å². The monoisotopic (exact) mass is 425 g/mol. The van der Waals surface area contributed by atoms with Gasteiger partial charge in [-0.3, -0.25) is 14.6 Å². The van der Waals surface area contributed by atoms with E-state index in [9.17, 15) is 9.59 Å². The van der Waals surface area contributed by atoms with Crippen LogP contribution >= 0.6 is 0 Å². The first-order valence-corrected chi connectivity index (χ1v) is 10.9. The third-order valence-electron chi connectivity index (χ3n) is 6.47.